The number of anilines is 1. The summed E-state index contributed by atoms with van der Waals surface area (Å²) in [6.07, 6.45) is 0. The second kappa shape index (κ2) is 10.8. The van der Waals surface area contributed by atoms with Gasteiger partial charge in [0.05, 0.1) is 17.7 Å². The highest BCUT2D eigenvalue weighted by Crippen LogP contribution is 2.24. The van der Waals surface area contributed by atoms with E-state index >= 15 is 0 Å². The number of carbonyl (C=O) groups excluding carboxylic acids is 1. The summed E-state index contributed by atoms with van der Waals surface area (Å²) < 4.78 is 32.0. The van der Waals surface area contributed by atoms with Crippen molar-refractivity contribution in [3.8, 4) is 5.75 Å². The number of nitrogens with zero attached hydrogens (tertiary/aromatic N) is 1. The molecule has 3 aromatic carbocycles. The molecule has 1 N–H and O–H groups in total. The van der Waals surface area contributed by atoms with Crippen LogP contribution in [0.2, 0.25) is 5.02 Å². The zero-order valence-electron chi connectivity index (χ0n) is 17.6. The Morgan fingerprint density at radius 1 is 1.00 bits per heavy atom. The van der Waals surface area contributed by atoms with E-state index in [4.69, 9.17) is 16.3 Å². The lowest BCUT2D eigenvalue weighted by Gasteiger charge is -2.20. The number of nitrogens with one attached hydrogen (secondary N) is 1. The summed E-state index contributed by atoms with van der Waals surface area (Å²) in [5.74, 6) is 1.08. The third-order valence-corrected chi connectivity index (χ3v) is 7.75. The van der Waals surface area contributed by atoms with Gasteiger partial charge in [-0.1, -0.05) is 11.6 Å². The highest BCUT2D eigenvalue weighted by atomic mass is 35.5. The van der Waals surface area contributed by atoms with Crippen LogP contribution in [0.3, 0.4) is 0 Å². The molecule has 0 saturated heterocycles. The molecule has 3 rings (SSSR count). The van der Waals surface area contributed by atoms with E-state index in [0.29, 0.717) is 34.3 Å². The number of sulfonamides is 1. The Morgan fingerprint density at radius 2 is 1.62 bits per heavy atom. The Morgan fingerprint density at radius 3 is 2.22 bits per heavy atom. The molecule has 0 unspecified atom stereocenters. The van der Waals surface area contributed by atoms with Gasteiger partial charge in [0.2, 0.25) is 0 Å². The van der Waals surface area contributed by atoms with E-state index in [-0.39, 0.29) is 10.8 Å². The predicted molar refractivity (Wildman–Crippen MR) is 130 cm³/mol. The van der Waals surface area contributed by atoms with Crippen molar-refractivity contribution in [3.05, 3.63) is 83.4 Å². The van der Waals surface area contributed by atoms with Gasteiger partial charge in [0, 0.05) is 34.8 Å². The second-order valence-electron chi connectivity index (χ2n) is 6.75. The minimum Gasteiger partial charge on any atom is -0.497 e. The fraction of sp³-hybridized carbons (Fsp3) is 0.174. The number of rotatable bonds is 9. The Hall–Kier alpha value is -2.68. The highest BCUT2D eigenvalue weighted by molar-refractivity contribution is 7.99. The summed E-state index contributed by atoms with van der Waals surface area (Å²) in [5.41, 5.74) is 0.913. The van der Waals surface area contributed by atoms with E-state index in [1.165, 1.54) is 30.6 Å². The molecular formula is C23H23ClN2O4S2. The van der Waals surface area contributed by atoms with Crippen LogP contribution in [0.5, 0.6) is 5.75 Å². The average molecular weight is 491 g/mol. The van der Waals surface area contributed by atoms with Crippen LogP contribution in [-0.4, -0.2) is 40.8 Å². The van der Waals surface area contributed by atoms with Crippen LogP contribution in [0, 0.1) is 0 Å². The lowest BCUT2D eigenvalue weighted by atomic mass is 10.2. The molecule has 0 bridgehead atoms. The number of amides is 1. The molecule has 0 aromatic heterocycles. The molecule has 0 aliphatic heterocycles. The van der Waals surface area contributed by atoms with Gasteiger partial charge in [-0.15, -0.1) is 11.8 Å². The third kappa shape index (κ3) is 5.97. The monoisotopic (exact) mass is 490 g/mol. The van der Waals surface area contributed by atoms with Gasteiger partial charge in [0.1, 0.15) is 5.75 Å². The maximum atomic E-state index is 12.9. The summed E-state index contributed by atoms with van der Waals surface area (Å²) in [7, 11) is -0.736. The van der Waals surface area contributed by atoms with Gasteiger partial charge in [-0.25, -0.2) is 8.42 Å². The minimum absolute atomic E-state index is 0.154. The van der Waals surface area contributed by atoms with Gasteiger partial charge in [-0.05, 0) is 72.8 Å². The number of carbonyl (C=O) groups is 1. The molecule has 0 atom stereocenters. The summed E-state index contributed by atoms with van der Waals surface area (Å²) in [5, 5.41) is 3.56. The van der Waals surface area contributed by atoms with E-state index in [1.54, 1.807) is 48.2 Å². The second-order valence-corrected chi connectivity index (χ2v) is 10.3. The number of hydrogen-bond donors (Lipinski definition) is 1. The molecule has 9 heteroatoms. The van der Waals surface area contributed by atoms with E-state index in [2.05, 4.69) is 5.32 Å². The zero-order valence-corrected chi connectivity index (χ0v) is 20.0. The van der Waals surface area contributed by atoms with Gasteiger partial charge in [-0.3, -0.25) is 9.10 Å². The number of halogens is 1. The Kier molecular flexibility index (Phi) is 8.06. The van der Waals surface area contributed by atoms with Crippen molar-refractivity contribution in [1.29, 1.82) is 0 Å². The minimum atomic E-state index is -3.73. The maximum Gasteiger partial charge on any atom is 0.264 e. The fourth-order valence-electron chi connectivity index (χ4n) is 2.83. The first kappa shape index (κ1) is 24.0. The fourth-order valence-corrected chi connectivity index (χ4v) is 4.92. The lowest BCUT2D eigenvalue weighted by Crippen LogP contribution is -2.27. The Labute approximate surface area is 197 Å². The van der Waals surface area contributed by atoms with E-state index in [0.717, 1.165) is 4.90 Å². The van der Waals surface area contributed by atoms with Crippen LogP contribution in [0.1, 0.15) is 10.4 Å². The molecule has 6 nitrogen and oxygen atoms in total. The van der Waals surface area contributed by atoms with E-state index in [9.17, 15) is 13.2 Å². The van der Waals surface area contributed by atoms with Crippen LogP contribution < -0.4 is 14.4 Å². The largest absolute Gasteiger partial charge is 0.497 e. The molecule has 0 aliphatic rings. The SMILES string of the molecule is COc1ccc(S(=O)(=O)N(C)c2ccc(C(=O)NCCSc3ccc(Cl)cc3)cc2)cc1. The van der Waals surface area contributed by atoms with E-state index in [1.807, 2.05) is 24.3 Å². The Balaban J connectivity index is 1.57. The van der Waals surface area contributed by atoms with Crippen LogP contribution >= 0.6 is 23.4 Å². The zero-order chi connectivity index (χ0) is 23.1. The Bertz CT molecular complexity index is 1150. The van der Waals surface area contributed by atoms with Crippen LogP contribution in [-0.2, 0) is 10.0 Å². The first-order valence-electron chi connectivity index (χ1n) is 9.71. The van der Waals surface area contributed by atoms with Gasteiger partial charge in [0.25, 0.3) is 15.9 Å². The average Bonchev–Trinajstić information content (AvgIpc) is 2.82. The van der Waals surface area contributed by atoms with Crippen molar-refractivity contribution in [2.45, 2.75) is 9.79 Å². The van der Waals surface area contributed by atoms with Crippen molar-refractivity contribution >= 4 is 45.0 Å². The first-order valence-corrected chi connectivity index (χ1v) is 12.5. The summed E-state index contributed by atoms with van der Waals surface area (Å²) in [4.78, 5) is 13.6. The summed E-state index contributed by atoms with van der Waals surface area (Å²) in [6.45, 7) is 0.500. The molecule has 0 radical (unpaired) electrons. The van der Waals surface area contributed by atoms with Crippen LogP contribution in [0.25, 0.3) is 0 Å². The van der Waals surface area contributed by atoms with Crippen molar-refractivity contribution in [2.75, 3.05) is 30.8 Å². The van der Waals surface area contributed by atoms with Gasteiger partial charge >= 0.3 is 0 Å². The topological polar surface area (TPSA) is 75.7 Å². The standard InChI is InChI=1S/C23H23ClN2O4S2/c1-26(32(28,29)22-13-9-20(30-2)10-14-22)19-7-3-17(4-8-19)23(27)25-15-16-31-21-11-5-18(24)6-12-21/h3-14H,15-16H2,1-2H3,(H,25,27). The summed E-state index contributed by atoms with van der Waals surface area (Å²) >= 11 is 7.49. The third-order valence-electron chi connectivity index (χ3n) is 4.68. The van der Waals surface area contributed by atoms with Gasteiger partial charge in [0.15, 0.2) is 0 Å². The molecule has 32 heavy (non-hydrogen) atoms. The number of hydrogen-bond acceptors (Lipinski definition) is 5. The molecule has 0 fully saturated rings. The smallest absolute Gasteiger partial charge is 0.264 e. The molecule has 0 saturated carbocycles. The molecule has 0 spiro atoms. The molecule has 1 amide bonds. The van der Waals surface area contributed by atoms with Crippen LogP contribution in [0.15, 0.2) is 82.6 Å². The first-order chi connectivity index (χ1) is 15.3. The molecule has 168 valence electrons. The predicted octanol–water partition coefficient (Wildman–Crippen LogP) is 4.70. The normalized spacial score (nSPS) is 11.1. The highest BCUT2D eigenvalue weighted by Gasteiger charge is 2.21. The number of benzene rings is 3. The van der Waals surface area contributed by atoms with Crippen molar-refractivity contribution in [1.82, 2.24) is 5.32 Å². The van der Waals surface area contributed by atoms with Crippen LogP contribution in [0.4, 0.5) is 5.69 Å². The van der Waals surface area contributed by atoms with Gasteiger partial charge in [-0.2, -0.15) is 0 Å². The molecule has 3 aromatic rings. The van der Waals surface area contributed by atoms with Crippen molar-refractivity contribution in [2.24, 2.45) is 0 Å². The van der Waals surface area contributed by atoms with Crippen molar-refractivity contribution < 1.29 is 17.9 Å². The quantitative estimate of drug-likeness (QED) is 0.347. The summed E-state index contributed by atoms with van der Waals surface area (Å²) in [6, 6.07) is 20.1. The van der Waals surface area contributed by atoms with Gasteiger partial charge < -0.3 is 10.1 Å². The number of ether oxygens (including phenoxy) is 1. The maximum absolute atomic E-state index is 12.9. The lowest BCUT2D eigenvalue weighted by molar-refractivity contribution is 0.0956. The molecule has 0 aliphatic carbocycles. The molecule has 0 heterocycles. The molecular weight excluding hydrogens is 468 g/mol. The van der Waals surface area contributed by atoms with Crippen molar-refractivity contribution in [3.63, 3.8) is 0 Å². The van der Waals surface area contributed by atoms with E-state index < -0.39 is 10.0 Å². The number of thioether (sulfide) groups is 1. The number of methoxy groups -OCH3 is 1.